The van der Waals surface area contributed by atoms with Gasteiger partial charge in [-0.2, -0.15) is 0 Å². The summed E-state index contributed by atoms with van der Waals surface area (Å²) in [7, 11) is 0. The molecule has 0 bridgehead atoms. The van der Waals surface area contributed by atoms with Crippen LogP contribution in [0.15, 0.2) is 41.3 Å². The third-order valence-corrected chi connectivity index (χ3v) is 5.28. The Labute approximate surface area is 159 Å². The van der Waals surface area contributed by atoms with E-state index in [4.69, 9.17) is 0 Å². The van der Waals surface area contributed by atoms with Crippen molar-refractivity contribution in [2.75, 3.05) is 13.1 Å². The van der Waals surface area contributed by atoms with Gasteiger partial charge in [-0.15, -0.1) is 0 Å². The van der Waals surface area contributed by atoms with Crippen LogP contribution in [0.3, 0.4) is 0 Å². The molecule has 0 spiro atoms. The maximum atomic E-state index is 12.4. The summed E-state index contributed by atoms with van der Waals surface area (Å²) in [5, 5.41) is 4.22. The number of piperidine rings is 1. The van der Waals surface area contributed by atoms with Crippen molar-refractivity contribution in [3.8, 4) is 0 Å². The monoisotopic (exact) mass is 369 g/mol. The molecule has 144 valence electrons. The molecule has 27 heavy (non-hydrogen) atoms. The number of benzene rings is 1. The predicted octanol–water partition coefficient (Wildman–Crippen LogP) is 2.30. The zero-order valence-corrected chi connectivity index (χ0v) is 15.8. The molecule has 1 aliphatic heterocycles. The second-order valence-corrected chi connectivity index (χ2v) is 7.08. The summed E-state index contributed by atoms with van der Waals surface area (Å²) in [5.41, 5.74) is -0.182. The zero-order chi connectivity index (χ0) is 19.2. The minimum Gasteiger partial charge on any atom is -0.354 e. The summed E-state index contributed by atoms with van der Waals surface area (Å²) in [4.78, 5) is 39.0. The standard InChI is InChI=1S/C21H27N3O3/c1-2-17-8-5-6-13-24(17)20(26)10-12-22-19(25)15-23-14-11-16-7-3-4-9-18(16)21(23)27/h3-4,7,9,11,14,17H,2,5-6,8,10,12-13,15H2,1H3,(H,22,25)/t17-/m1/s1. The summed E-state index contributed by atoms with van der Waals surface area (Å²) in [6.45, 7) is 3.18. The molecule has 1 fully saturated rings. The maximum absolute atomic E-state index is 12.4. The van der Waals surface area contributed by atoms with Crippen molar-refractivity contribution in [2.45, 2.75) is 51.6 Å². The van der Waals surface area contributed by atoms with E-state index in [0.717, 1.165) is 31.2 Å². The van der Waals surface area contributed by atoms with Crippen LogP contribution in [0.25, 0.3) is 10.8 Å². The zero-order valence-electron chi connectivity index (χ0n) is 15.8. The number of nitrogens with one attached hydrogen (secondary N) is 1. The van der Waals surface area contributed by atoms with Gasteiger partial charge in [0.15, 0.2) is 0 Å². The van der Waals surface area contributed by atoms with Crippen molar-refractivity contribution in [2.24, 2.45) is 0 Å². The molecule has 0 saturated carbocycles. The van der Waals surface area contributed by atoms with Gasteiger partial charge in [-0.05, 0) is 43.2 Å². The Hall–Kier alpha value is -2.63. The first kappa shape index (κ1) is 19.1. The van der Waals surface area contributed by atoms with Gasteiger partial charge in [-0.25, -0.2) is 0 Å². The van der Waals surface area contributed by atoms with Crippen LogP contribution in [0.4, 0.5) is 0 Å². The number of nitrogens with zero attached hydrogens (tertiary/aromatic N) is 2. The summed E-state index contributed by atoms with van der Waals surface area (Å²) >= 11 is 0. The minimum atomic E-state index is -0.258. The largest absolute Gasteiger partial charge is 0.354 e. The van der Waals surface area contributed by atoms with Gasteiger partial charge in [-0.3, -0.25) is 14.4 Å². The van der Waals surface area contributed by atoms with Gasteiger partial charge in [-0.1, -0.05) is 25.1 Å². The van der Waals surface area contributed by atoms with E-state index < -0.39 is 0 Å². The predicted molar refractivity (Wildman–Crippen MR) is 105 cm³/mol. The molecule has 1 saturated heterocycles. The highest BCUT2D eigenvalue weighted by atomic mass is 16.2. The van der Waals surface area contributed by atoms with E-state index in [1.165, 1.54) is 11.0 Å². The maximum Gasteiger partial charge on any atom is 0.258 e. The number of pyridine rings is 1. The highest BCUT2D eigenvalue weighted by molar-refractivity contribution is 5.82. The molecule has 6 nitrogen and oxygen atoms in total. The van der Waals surface area contributed by atoms with Crippen molar-refractivity contribution < 1.29 is 9.59 Å². The molecule has 2 aromatic rings. The number of likely N-dealkylation sites (tertiary alicyclic amines) is 1. The average Bonchev–Trinajstić information content (AvgIpc) is 2.70. The number of carbonyl (C=O) groups is 2. The van der Waals surface area contributed by atoms with Crippen LogP contribution in [-0.2, 0) is 16.1 Å². The van der Waals surface area contributed by atoms with Crippen molar-refractivity contribution in [3.05, 3.63) is 46.9 Å². The third-order valence-electron chi connectivity index (χ3n) is 5.28. The highest BCUT2D eigenvalue weighted by Crippen LogP contribution is 2.20. The summed E-state index contributed by atoms with van der Waals surface area (Å²) in [5.74, 6) is -0.157. The molecule has 1 aromatic heterocycles. The van der Waals surface area contributed by atoms with Gasteiger partial charge in [0.2, 0.25) is 11.8 Å². The van der Waals surface area contributed by atoms with Gasteiger partial charge in [0.05, 0.1) is 0 Å². The quantitative estimate of drug-likeness (QED) is 0.849. The molecule has 2 amide bonds. The molecule has 0 radical (unpaired) electrons. The molecule has 0 unspecified atom stereocenters. The van der Waals surface area contributed by atoms with Crippen molar-refractivity contribution >= 4 is 22.6 Å². The fourth-order valence-corrected chi connectivity index (χ4v) is 3.77. The molecule has 1 atom stereocenters. The first-order valence-electron chi connectivity index (χ1n) is 9.74. The first-order chi connectivity index (χ1) is 13.1. The minimum absolute atomic E-state index is 0.0425. The fraction of sp³-hybridized carbons (Fsp3) is 0.476. The van der Waals surface area contributed by atoms with Crippen LogP contribution >= 0.6 is 0 Å². The van der Waals surface area contributed by atoms with E-state index in [0.29, 0.717) is 24.4 Å². The molecule has 3 rings (SSSR count). The number of hydrogen-bond donors (Lipinski definition) is 1. The van der Waals surface area contributed by atoms with E-state index in [9.17, 15) is 14.4 Å². The van der Waals surface area contributed by atoms with Gasteiger partial charge >= 0.3 is 0 Å². The van der Waals surface area contributed by atoms with Gasteiger partial charge in [0.25, 0.3) is 5.56 Å². The number of amides is 2. The normalized spacial score (nSPS) is 17.1. The smallest absolute Gasteiger partial charge is 0.258 e. The Kier molecular flexibility index (Phi) is 6.27. The molecular weight excluding hydrogens is 342 g/mol. The summed E-state index contributed by atoms with van der Waals surface area (Å²) in [6.07, 6.45) is 6.21. The molecule has 0 aliphatic carbocycles. The topological polar surface area (TPSA) is 71.4 Å². The van der Waals surface area contributed by atoms with Crippen LogP contribution in [0.2, 0.25) is 0 Å². The van der Waals surface area contributed by atoms with Crippen LogP contribution in [-0.4, -0.2) is 40.4 Å². The highest BCUT2D eigenvalue weighted by Gasteiger charge is 2.24. The number of fused-ring (bicyclic) bond motifs is 1. The van der Waals surface area contributed by atoms with Gasteiger partial charge in [0, 0.05) is 37.1 Å². The molecule has 1 N–H and O–H groups in total. The van der Waals surface area contributed by atoms with E-state index in [1.54, 1.807) is 12.3 Å². The van der Waals surface area contributed by atoms with E-state index in [-0.39, 0.29) is 23.9 Å². The average molecular weight is 369 g/mol. The number of hydrogen-bond acceptors (Lipinski definition) is 3. The van der Waals surface area contributed by atoms with Crippen LogP contribution in [0.5, 0.6) is 0 Å². The number of rotatable bonds is 6. The summed E-state index contributed by atoms with van der Waals surface area (Å²) < 4.78 is 1.40. The Morgan fingerprint density at radius 1 is 1.19 bits per heavy atom. The molecule has 1 aromatic carbocycles. The van der Waals surface area contributed by atoms with E-state index >= 15 is 0 Å². The lowest BCUT2D eigenvalue weighted by Gasteiger charge is -2.35. The third kappa shape index (κ3) is 4.56. The van der Waals surface area contributed by atoms with Crippen LogP contribution in [0, 0.1) is 0 Å². The lowest BCUT2D eigenvalue weighted by atomic mass is 9.99. The Bertz CT molecular complexity index is 874. The van der Waals surface area contributed by atoms with Gasteiger partial charge in [0.1, 0.15) is 6.54 Å². The first-order valence-corrected chi connectivity index (χ1v) is 9.74. The van der Waals surface area contributed by atoms with Crippen LogP contribution in [0.1, 0.15) is 39.0 Å². The Balaban J connectivity index is 1.52. The molecule has 2 heterocycles. The van der Waals surface area contributed by atoms with Crippen LogP contribution < -0.4 is 10.9 Å². The second kappa shape index (κ2) is 8.84. The number of aromatic nitrogens is 1. The van der Waals surface area contributed by atoms with Crippen molar-refractivity contribution in [1.29, 1.82) is 0 Å². The van der Waals surface area contributed by atoms with E-state index in [1.807, 2.05) is 29.2 Å². The SMILES string of the molecule is CC[C@@H]1CCCCN1C(=O)CCNC(=O)Cn1ccc2ccccc2c1=O. The fourth-order valence-electron chi connectivity index (χ4n) is 3.77. The number of carbonyl (C=O) groups excluding carboxylic acids is 2. The Morgan fingerprint density at radius 3 is 2.81 bits per heavy atom. The second-order valence-electron chi connectivity index (χ2n) is 7.08. The summed E-state index contributed by atoms with van der Waals surface area (Å²) in [6, 6.07) is 9.47. The lowest BCUT2D eigenvalue weighted by molar-refractivity contribution is -0.134. The molecule has 6 heteroatoms. The lowest BCUT2D eigenvalue weighted by Crippen LogP contribution is -2.44. The van der Waals surface area contributed by atoms with Crippen molar-refractivity contribution in [1.82, 2.24) is 14.8 Å². The molecule has 1 aliphatic rings. The molecular formula is C21H27N3O3. The van der Waals surface area contributed by atoms with E-state index in [2.05, 4.69) is 12.2 Å². The van der Waals surface area contributed by atoms with Crippen molar-refractivity contribution in [3.63, 3.8) is 0 Å². The van der Waals surface area contributed by atoms with Gasteiger partial charge < -0.3 is 14.8 Å². The Morgan fingerprint density at radius 2 is 2.00 bits per heavy atom.